The van der Waals surface area contributed by atoms with Crippen molar-refractivity contribution in [3.63, 3.8) is 0 Å². The predicted octanol–water partition coefficient (Wildman–Crippen LogP) is 4.14. The first-order valence-corrected chi connectivity index (χ1v) is 8.44. The number of carbonyl (C=O) groups is 1. The molecule has 1 atom stereocenters. The molecule has 1 saturated heterocycles. The average molecular weight is 303 g/mol. The lowest BCUT2D eigenvalue weighted by atomic mass is 9.99. The number of likely N-dealkylation sites (tertiary alicyclic amines) is 1. The Morgan fingerprint density at radius 2 is 1.86 bits per heavy atom. The van der Waals surface area contributed by atoms with Gasteiger partial charge in [0.15, 0.2) is 6.10 Å². The molecular weight excluding hydrogens is 274 g/mol. The van der Waals surface area contributed by atoms with Crippen LogP contribution in [0.4, 0.5) is 0 Å². The van der Waals surface area contributed by atoms with Gasteiger partial charge in [0, 0.05) is 13.1 Å². The molecule has 2 rings (SSSR count). The molecule has 0 aromatic heterocycles. The standard InChI is InChI=1S/C19H29NO2/c1-13(2)17-7-6-15(4)12-18(17)22-16(5)19(21)20-10-8-14(3)9-11-20/h6-7,12-14,16H,8-11H2,1-5H3/t16-/m0/s1. The van der Waals surface area contributed by atoms with Gasteiger partial charge in [-0.15, -0.1) is 0 Å². The van der Waals surface area contributed by atoms with Gasteiger partial charge in [0.25, 0.3) is 5.91 Å². The summed E-state index contributed by atoms with van der Waals surface area (Å²) in [4.78, 5) is 14.5. The predicted molar refractivity (Wildman–Crippen MR) is 90.3 cm³/mol. The summed E-state index contributed by atoms with van der Waals surface area (Å²) < 4.78 is 6.04. The van der Waals surface area contributed by atoms with Crippen molar-refractivity contribution in [2.75, 3.05) is 13.1 Å². The highest BCUT2D eigenvalue weighted by Crippen LogP contribution is 2.28. The summed E-state index contributed by atoms with van der Waals surface area (Å²) in [6.45, 7) is 12.2. The Kier molecular flexibility index (Phi) is 5.49. The third-order valence-electron chi connectivity index (χ3n) is 4.54. The molecule has 0 N–H and O–H groups in total. The second-order valence-corrected chi connectivity index (χ2v) is 6.96. The van der Waals surface area contributed by atoms with Crippen molar-refractivity contribution in [3.8, 4) is 5.75 Å². The maximum atomic E-state index is 12.6. The summed E-state index contributed by atoms with van der Waals surface area (Å²) in [7, 11) is 0. The molecular formula is C19H29NO2. The van der Waals surface area contributed by atoms with Crippen LogP contribution in [0.15, 0.2) is 18.2 Å². The normalized spacial score (nSPS) is 17.6. The van der Waals surface area contributed by atoms with E-state index >= 15 is 0 Å². The number of hydrogen-bond donors (Lipinski definition) is 0. The number of rotatable bonds is 4. The van der Waals surface area contributed by atoms with E-state index in [0.717, 1.165) is 48.7 Å². The summed E-state index contributed by atoms with van der Waals surface area (Å²) >= 11 is 0. The summed E-state index contributed by atoms with van der Waals surface area (Å²) in [5.41, 5.74) is 2.32. The topological polar surface area (TPSA) is 29.5 Å². The molecule has 0 spiro atoms. The molecule has 3 heteroatoms. The zero-order valence-corrected chi connectivity index (χ0v) is 14.6. The van der Waals surface area contributed by atoms with Crippen LogP contribution in [0.25, 0.3) is 0 Å². The van der Waals surface area contributed by atoms with Gasteiger partial charge in [0.1, 0.15) is 5.75 Å². The fourth-order valence-electron chi connectivity index (χ4n) is 2.95. The van der Waals surface area contributed by atoms with Crippen LogP contribution >= 0.6 is 0 Å². The number of hydrogen-bond acceptors (Lipinski definition) is 2. The maximum Gasteiger partial charge on any atom is 0.263 e. The van der Waals surface area contributed by atoms with Gasteiger partial charge in [-0.1, -0.05) is 32.9 Å². The Bertz CT molecular complexity index is 516. The quantitative estimate of drug-likeness (QED) is 0.836. The van der Waals surface area contributed by atoms with Crippen molar-refractivity contribution < 1.29 is 9.53 Å². The molecule has 3 nitrogen and oxygen atoms in total. The van der Waals surface area contributed by atoms with Gasteiger partial charge in [-0.3, -0.25) is 4.79 Å². The molecule has 0 radical (unpaired) electrons. The lowest BCUT2D eigenvalue weighted by molar-refractivity contribution is -0.139. The summed E-state index contributed by atoms with van der Waals surface area (Å²) in [6.07, 6.45) is 1.77. The van der Waals surface area contributed by atoms with Gasteiger partial charge < -0.3 is 9.64 Å². The van der Waals surface area contributed by atoms with E-state index in [1.807, 2.05) is 17.9 Å². The van der Waals surface area contributed by atoms with Gasteiger partial charge >= 0.3 is 0 Å². The Morgan fingerprint density at radius 1 is 1.23 bits per heavy atom. The smallest absolute Gasteiger partial charge is 0.263 e. The molecule has 0 unspecified atom stereocenters. The van der Waals surface area contributed by atoms with Crippen LogP contribution in [0.1, 0.15) is 57.6 Å². The molecule has 1 aliphatic heterocycles. The average Bonchev–Trinajstić information content (AvgIpc) is 2.47. The molecule has 1 fully saturated rings. The minimum atomic E-state index is -0.423. The highest BCUT2D eigenvalue weighted by atomic mass is 16.5. The van der Waals surface area contributed by atoms with Gasteiger partial charge in [0.05, 0.1) is 0 Å². The highest BCUT2D eigenvalue weighted by molar-refractivity contribution is 5.81. The first-order chi connectivity index (χ1) is 10.4. The Balaban J connectivity index is 2.06. The number of piperidine rings is 1. The number of nitrogens with zero attached hydrogens (tertiary/aromatic N) is 1. The summed E-state index contributed by atoms with van der Waals surface area (Å²) in [5, 5.41) is 0. The van der Waals surface area contributed by atoms with E-state index in [-0.39, 0.29) is 5.91 Å². The summed E-state index contributed by atoms with van der Waals surface area (Å²) in [6, 6.07) is 6.24. The van der Waals surface area contributed by atoms with E-state index < -0.39 is 6.10 Å². The van der Waals surface area contributed by atoms with Crippen molar-refractivity contribution in [1.82, 2.24) is 4.90 Å². The van der Waals surface area contributed by atoms with Crippen LogP contribution in [-0.2, 0) is 4.79 Å². The molecule has 1 aromatic carbocycles. The Hall–Kier alpha value is -1.51. The van der Waals surface area contributed by atoms with E-state index in [0.29, 0.717) is 5.92 Å². The van der Waals surface area contributed by atoms with Crippen LogP contribution in [-0.4, -0.2) is 30.0 Å². The number of carbonyl (C=O) groups excluding carboxylic acids is 1. The van der Waals surface area contributed by atoms with Crippen molar-refractivity contribution in [2.24, 2.45) is 5.92 Å². The van der Waals surface area contributed by atoms with Crippen molar-refractivity contribution in [1.29, 1.82) is 0 Å². The van der Waals surface area contributed by atoms with Crippen LogP contribution in [0.2, 0.25) is 0 Å². The molecule has 1 aliphatic rings. The van der Waals surface area contributed by atoms with Crippen LogP contribution in [0.5, 0.6) is 5.75 Å². The van der Waals surface area contributed by atoms with Gasteiger partial charge in [-0.25, -0.2) is 0 Å². The fraction of sp³-hybridized carbons (Fsp3) is 0.632. The number of ether oxygens (including phenoxy) is 1. The van der Waals surface area contributed by atoms with E-state index in [1.54, 1.807) is 0 Å². The molecule has 1 amide bonds. The van der Waals surface area contributed by atoms with Crippen LogP contribution < -0.4 is 4.74 Å². The molecule has 1 aromatic rings. The van der Waals surface area contributed by atoms with E-state index in [2.05, 4.69) is 39.8 Å². The Morgan fingerprint density at radius 3 is 2.45 bits per heavy atom. The number of amides is 1. The Labute approximate surface area is 134 Å². The zero-order valence-electron chi connectivity index (χ0n) is 14.6. The van der Waals surface area contributed by atoms with Gasteiger partial charge in [-0.05, 0) is 55.7 Å². The van der Waals surface area contributed by atoms with Crippen molar-refractivity contribution >= 4 is 5.91 Å². The second kappa shape index (κ2) is 7.17. The minimum Gasteiger partial charge on any atom is -0.481 e. The fourth-order valence-corrected chi connectivity index (χ4v) is 2.95. The molecule has 0 aliphatic carbocycles. The van der Waals surface area contributed by atoms with E-state index in [1.165, 1.54) is 0 Å². The van der Waals surface area contributed by atoms with Crippen LogP contribution in [0.3, 0.4) is 0 Å². The van der Waals surface area contributed by atoms with Crippen molar-refractivity contribution in [3.05, 3.63) is 29.3 Å². The second-order valence-electron chi connectivity index (χ2n) is 6.96. The lowest BCUT2D eigenvalue weighted by Gasteiger charge is -2.32. The molecule has 0 bridgehead atoms. The monoisotopic (exact) mass is 303 g/mol. The van der Waals surface area contributed by atoms with Gasteiger partial charge in [0.2, 0.25) is 0 Å². The first-order valence-electron chi connectivity index (χ1n) is 8.44. The van der Waals surface area contributed by atoms with E-state index in [9.17, 15) is 4.79 Å². The summed E-state index contributed by atoms with van der Waals surface area (Å²) in [5.74, 6) is 2.07. The van der Waals surface area contributed by atoms with Crippen LogP contribution in [0, 0.1) is 12.8 Å². The molecule has 122 valence electrons. The molecule has 1 heterocycles. The molecule has 22 heavy (non-hydrogen) atoms. The van der Waals surface area contributed by atoms with E-state index in [4.69, 9.17) is 4.74 Å². The molecule has 0 saturated carbocycles. The van der Waals surface area contributed by atoms with Crippen molar-refractivity contribution in [2.45, 2.75) is 59.5 Å². The van der Waals surface area contributed by atoms with Gasteiger partial charge in [-0.2, -0.15) is 0 Å². The third-order valence-corrected chi connectivity index (χ3v) is 4.54. The number of aryl methyl sites for hydroxylation is 1. The number of benzene rings is 1. The lowest BCUT2D eigenvalue weighted by Crippen LogP contribution is -2.44. The first kappa shape index (κ1) is 16.9. The minimum absolute atomic E-state index is 0.114. The highest BCUT2D eigenvalue weighted by Gasteiger charge is 2.26. The zero-order chi connectivity index (χ0) is 16.3. The third kappa shape index (κ3) is 4.02. The SMILES string of the molecule is Cc1ccc(C(C)C)c(O[C@@H](C)C(=O)N2CCC(C)CC2)c1. The largest absolute Gasteiger partial charge is 0.481 e. The maximum absolute atomic E-state index is 12.6.